The third-order valence-electron chi connectivity index (χ3n) is 3.41. The van der Waals surface area contributed by atoms with Crippen LogP contribution >= 0.6 is 11.3 Å². The van der Waals surface area contributed by atoms with E-state index in [9.17, 15) is 8.42 Å². The Labute approximate surface area is 131 Å². The number of sulfonamides is 1. The molecule has 0 bridgehead atoms. The molecular formula is C14H24N2O3S2. The van der Waals surface area contributed by atoms with Gasteiger partial charge < -0.3 is 10.1 Å². The van der Waals surface area contributed by atoms with E-state index in [-0.39, 0.29) is 12.1 Å². The molecule has 1 heterocycles. The molecule has 5 nitrogen and oxygen atoms in total. The summed E-state index contributed by atoms with van der Waals surface area (Å²) >= 11 is 1.33. The van der Waals surface area contributed by atoms with Crippen molar-refractivity contribution in [1.29, 1.82) is 0 Å². The van der Waals surface area contributed by atoms with E-state index in [4.69, 9.17) is 4.74 Å². The fourth-order valence-electron chi connectivity index (χ4n) is 2.21. The Balaban J connectivity index is 1.88. The maximum atomic E-state index is 12.3. The lowest BCUT2D eigenvalue weighted by Crippen LogP contribution is -2.47. The molecule has 1 aliphatic rings. The van der Waals surface area contributed by atoms with Crippen LogP contribution in [0.2, 0.25) is 0 Å². The van der Waals surface area contributed by atoms with Gasteiger partial charge in [0.1, 0.15) is 4.21 Å². The number of hydrogen-bond donors (Lipinski definition) is 2. The first-order valence-corrected chi connectivity index (χ1v) is 9.66. The average Bonchev–Trinajstić information content (AvgIpc) is 2.83. The molecular weight excluding hydrogens is 308 g/mol. The Kier molecular flexibility index (Phi) is 5.79. The summed E-state index contributed by atoms with van der Waals surface area (Å²) in [6.45, 7) is 7.47. The third-order valence-corrected chi connectivity index (χ3v) is 6.50. The minimum Gasteiger partial charge on any atom is -0.378 e. The fourth-order valence-corrected chi connectivity index (χ4v) is 4.80. The highest BCUT2D eigenvalue weighted by Crippen LogP contribution is 2.27. The first kappa shape index (κ1) is 16.9. The standard InChI is InChI=1S/C14H24N2O3S2/c1-4-19-12-7-11(8-12)16-21(17,18)14-6-5-13(20-14)9-15-10(2)3/h5-6,10-12,15-16H,4,7-9H2,1-3H3. The zero-order valence-corrected chi connectivity index (χ0v) is 14.4. The monoisotopic (exact) mass is 332 g/mol. The number of nitrogens with one attached hydrogen (secondary N) is 2. The predicted molar refractivity (Wildman–Crippen MR) is 85.1 cm³/mol. The molecule has 2 N–H and O–H groups in total. The SMILES string of the molecule is CCOC1CC(NS(=O)(=O)c2ccc(CNC(C)C)s2)C1. The van der Waals surface area contributed by atoms with E-state index in [2.05, 4.69) is 23.9 Å². The van der Waals surface area contributed by atoms with Gasteiger partial charge in [0.15, 0.2) is 0 Å². The highest BCUT2D eigenvalue weighted by atomic mass is 32.2. The summed E-state index contributed by atoms with van der Waals surface area (Å²) in [6.07, 6.45) is 1.73. The molecule has 0 spiro atoms. The van der Waals surface area contributed by atoms with E-state index in [1.807, 2.05) is 13.0 Å². The highest BCUT2D eigenvalue weighted by Gasteiger charge is 2.33. The van der Waals surface area contributed by atoms with Gasteiger partial charge in [-0.05, 0) is 31.9 Å². The molecule has 1 aromatic heterocycles. The quantitative estimate of drug-likeness (QED) is 0.765. The Bertz CT molecular complexity index is 548. The molecule has 1 fully saturated rings. The normalized spacial score (nSPS) is 22.5. The summed E-state index contributed by atoms with van der Waals surface area (Å²) in [7, 11) is -3.39. The van der Waals surface area contributed by atoms with E-state index >= 15 is 0 Å². The first-order chi connectivity index (χ1) is 9.90. The fraction of sp³-hybridized carbons (Fsp3) is 0.714. The van der Waals surface area contributed by atoms with Crippen LogP contribution < -0.4 is 10.0 Å². The zero-order valence-electron chi connectivity index (χ0n) is 12.8. The van der Waals surface area contributed by atoms with Crippen LogP contribution in [0.25, 0.3) is 0 Å². The van der Waals surface area contributed by atoms with Crippen molar-refractivity contribution in [1.82, 2.24) is 10.0 Å². The van der Waals surface area contributed by atoms with Gasteiger partial charge >= 0.3 is 0 Å². The van der Waals surface area contributed by atoms with Gasteiger partial charge in [-0.25, -0.2) is 13.1 Å². The van der Waals surface area contributed by atoms with Crippen LogP contribution in [-0.2, 0) is 21.3 Å². The predicted octanol–water partition coefficient (Wildman–Crippen LogP) is 2.09. The molecule has 21 heavy (non-hydrogen) atoms. The van der Waals surface area contributed by atoms with Crippen molar-refractivity contribution in [3.05, 3.63) is 17.0 Å². The second kappa shape index (κ2) is 7.19. The van der Waals surface area contributed by atoms with Crippen molar-refractivity contribution in [2.75, 3.05) is 6.61 Å². The molecule has 0 unspecified atom stereocenters. The molecule has 0 saturated heterocycles. The second-order valence-corrected chi connectivity index (χ2v) is 8.73. The molecule has 0 atom stereocenters. The summed E-state index contributed by atoms with van der Waals surface area (Å²) in [5, 5.41) is 3.29. The van der Waals surface area contributed by atoms with E-state index < -0.39 is 10.0 Å². The van der Waals surface area contributed by atoms with Crippen LogP contribution in [0.3, 0.4) is 0 Å². The molecule has 120 valence electrons. The van der Waals surface area contributed by atoms with Crippen LogP contribution in [0.1, 0.15) is 38.5 Å². The van der Waals surface area contributed by atoms with Crippen molar-refractivity contribution in [2.24, 2.45) is 0 Å². The third kappa shape index (κ3) is 4.75. The van der Waals surface area contributed by atoms with E-state index in [1.54, 1.807) is 6.07 Å². The van der Waals surface area contributed by atoms with Crippen LogP contribution in [0, 0.1) is 0 Å². The van der Waals surface area contributed by atoms with Crippen molar-refractivity contribution >= 4 is 21.4 Å². The smallest absolute Gasteiger partial charge is 0.250 e. The highest BCUT2D eigenvalue weighted by molar-refractivity contribution is 7.91. The molecule has 7 heteroatoms. The van der Waals surface area contributed by atoms with Gasteiger partial charge in [-0.3, -0.25) is 0 Å². The number of thiophene rings is 1. The van der Waals surface area contributed by atoms with Gasteiger partial charge in [-0.2, -0.15) is 0 Å². The maximum Gasteiger partial charge on any atom is 0.250 e. The molecule has 0 radical (unpaired) electrons. The Hall–Kier alpha value is -0.470. The van der Waals surface area contributed by atoms with E-state index in [1.165, 1.54) is 11.3 Å². The van der Waals surface area contributed by atoms with Crippen molar-refractivity contribution in [3.63, 3.8) is 0 Å². The van der Waals surface area contributed by atoms with Gasteiger partial charge in [-0.1, -0.05) is 13.8 Å². The Morgan fingerprint density at radius 3 is 2.71 bits per heavy atom. The molecule has 0 aromatic carbocycles. The molecule has 1 aromatic rings. The lowest BCUT2D eigenvalue weighted by Gasteiger charge is -2.34. The lowest BCUT2D eigenvalue weighted by molar-refractivity contribution is -0.00474. The van der Waals surface area contributed by atoms with Gasteiger partial charge in [0.2, 0.25) is 10.0 Å². The van der Waals surface area contributed by atoms with Crippen molar-refractivity contribution in [3.8, 4) is 0 Å². The van der Waals surface area contributed by atoms with Gasteiger partial charge in [0.05, 0.1) is 6.10 Å². The topological polar surface area (TPSA) is 67.4 Å². The van der Waals surface area contributed by atoms with Gasteiger partial charge in [0.25, 0.3) is 0 Å². The molecule has 0 aliphatic heterocycles. The van der Waals surface area contributed by atoms with Crippen LogP contribution in [0.4, 0.5) is 0 Å². The molecule has 2 rings (SSSR count). The number of ether oxygens (including phenoxy) is 1. The van der Waals surface area contributed by atoms with Crippen LogP contribution in [0.15, 0.2) is 16.3 Å². The summed E-state index contributed by atoms with van der Waals surface area (Å²) < 4.78 is 33.2. The van der Waals surface area contributed by atoms with E-state index in [0.29, 0.717) is 23.4 Å². The summed E-state index contributed by atoms with van der Waals surface area (Å²) in [5.41, 5.74) is 0. The Morgan fingerprint density at radius 1 is 1.38 bits per heavy atom. The Morgan fingerprint density at radius 2 is 2.10 bits per heavy atom. The number of hydrogen-bond acceptors (Lipinski definition) is 5. The second-order valence-electron chi connectivity index (χ2n) is 5.62. The average molecular weight is 332 g/mol. The lowest BCUT2D eigenvalue weighted by atomic mass is 9.90. The largest absolute Gasteiger partial charge is 0.378 e. The van der Waals surface area contributed by atoms with Gasteiger partial charge in [-0.15, -0.1) is 11.3 Å². The molecule has 0 amide bonds. The van der Waals surface area contributed by atoms with E-state index in [0.717, 1.165) is 17.7 Å². The van der Waals surface area contributed by atoms with Crippen molar-refractivity contribution in [2.45, 2.75) is 62.6 Å². The maximum absolute atomic E-state index is 12.3. The minimum atomic E-state index is -3.39. The minimum absolute atomic E-state index is 0.00545. The number of rotatable bonds is 8. The molecule has 1 aliphatic carbocycles. The zero-order chi connectivity index (χ0) is 15.5. The summed E-state index contributed by atoms with van der Waals surface area (Å²) in [6, 6.07) is 3.95. The van der Waals surface area contributed by atoms with Crippen molar-refractivity contribution < 1.29 is 13.2 Å². The summed E-state index contributed by atoms with van der Waals surface area (Å²) in [4.78, 5) is 1.03. The van der Waals surface area contributed by atoms with Gasteiger partial charge in [0, 0.05) is 30.1 Å². The van der Waals surface area contributed by atoms with Crippen LogP contribution in [-0.4, -0.2) is 33.2 Å². The molecule has 1 saturated carbocycles. The first-order valence-electron chi connectivity index (χ1n) is 7.36. The summed E-state index contributed by atoms with van der Waals surface area (Å²) in [5.74, 6) is 0. The van der Waals surface area contributed by atoms with Crippen LogP contribution in [0.5, 0.6) is 0 Å².